The van der Waals surface area contributed by atoms with Gasteiger partial charge in [0.15, 0.2) is 0 Å². The highest BCUT2D eigenvalue weighted by molar-refractivity contribution is 5.98. The standard InChI is InChI=1S/C17H25N3O2/c1-4-17(2,3)20-10-6-9-14(20)16(22)19-13-8-5-7-12(11-13)15(18)21/h5,7-8,11,14H,4,6,9-10H2,1-3H3,(H2,18,21)(H,19,22). The molecule has 1 atom stereocenters. The summed E-state index contributed by atoms with van der Waals surface area (Å²) in [6.07, 6.45) is 2.89. The molecule has 1 unspecified atom stereocenters. The summed E-state index contributed by atoms with van der Waals surface area (Å²) in [5.41, 5.74) is 6.29. The molecule has 0 saturated carbocycles. The van der Waals surface area contributed by atoms with Gasteiger partial charge in [0.25, 0.3) is 0 Å². The van der Waals surface area contributed by atoms with Crippen LogP contribution in [0.2, 0.25) is 0 Å². The molecule has 5 nitrogen and oxygen atoms in total. The largest absolute Gasteiger partial charge is 0.366 e. The highest BCUT2D eigenvalue weighted by Gasteiger charge is 2.38. The minimum absolute atomic E-state index is 0.00752. The van der Waals surface area contributed by atoms with Crippen molar-refractivity contribution < 1.29 is 9.59 Å². The summed E-state index contributed by atoms with van der Waals surface area (Å²) >= 11 is 0. The van der Waals surface area contributed by atoms with Crippen LogP contribution in [0.25, 0.3) is 0 Å². The van der Waals surface area contributed by atoms with E-state index in [4.69, 9.17) is 5.73 Å². The lowest BCUT2D eigenvalue weighted by atomic mass is 9.98. The maximum absolute atomic E-state index is 12.6. The van der Waals surface area contributed by atoms with Crippen molar-refractivity contribution in [2.24, 2.45) is 5.73 Å². The van der Waals surface area contributed by atoms with Crippen molar-refractivity contribution in [3.05, 3.63) is 29.8 Å². The number of nitrogens with one attached hydrogen (secondary N) is 1. The van der Waals surface area contributed by atoms with Gasteiger partial charge < -0.3 is 11.1 Å². The van der Waals surface area contributed by atoms with Gasteiger partial charge in [-0.05, 0) is 57.9 Å². The van der Waals surface area contributed by atoms with Crippen LogP contribution < -0.4 is 11.1 Å². The summed E-state index contributed by atoms with van der Waals surface area (Å²) in [5, 5.41) is 2.92. The topological polar surface area (TPSA) is 75.4 Å². The first-order valence-corrected chi connectivity index (χ1v) is 7.82. The van der Waals surface area contributed by atoms with E-state index in [1.165, 1.54) is 0 Å². The first-order valence-electron chi connectivity index (χ1n) is 7.82. The van der Waals surface area contributed by atoms with Crippen molar-refractivity contribution in [3.63, 3.8) is 0 Å². The first-order chi connectivity index (χ1) is 10.3. The van der Waals surface area contributed by atoms with Crippen LogP contribution in [0.4, 0.5) is 5.69 Å². The van der Waals surface area contributed by atoms with Gasteiger partial charge in [-0.25, -0.2) is 0 Å². The third-order valence-corrected chi connectivity index (χ3v) is 4.61. The smallest absolute Gasteiger partial charge is 0.248 e. The Labute approximate surface area is 131 Å². The number of carbonyl (C=O) groups excluding carboxylic acids is 2. The van der Waals surface area contributed by atoms with E-state index < -0.39 is 5.91 Å². The zero-order valence-corrected chi connectivity index (χ0v) is 13.6. The van der Waals surface area contributed by atoms with Gasteiger partial charge in [-0.15, -0.1) is 0 Å². The second-order valence-electron chi connectivity index (χ2n) is 6.45. The number of hydrogen-bond donors (Lipinski definition) is 2. The molecule has 5 heteroatoms. The third-order valence-electron chi connectivity index (χ3n) is 4.61. The Bertz CT molecular complexity index is 569. The predicted octanol–water partition coefficient (Wildman–Crippen LogP) is 2.38. The van der Waals surface area contributed by atoms with Crippen LogP contribution in [0, 0.1) is 0 Å². The molecule has 0 radical (unpaired) electrons. The van der Waals surface area contributed by atoms with E-state index in [1.54, 1.807) is 24.3 Å². The van der Waals surface area contributed by atoms with Gasteiger partial charge in [0.2, 0.25) is 11.8 Å². The number of primary amides is 1. The molecule has 1 aliphatic heterocycles. The molecule has 120 valence electrons. The Hall–Kier alpha value is -1.88. The van der Waals surface area contributed by atoms with Gasteiger partial charge in [-0.3, -0.25) is 14.5 Å². The number of rotatable bonds is 5. The fourth-order valence-electron chi connectivity index (χ4n) is 2.94. The fourth-order valence-corrected chi connectivity index (χ4v) is 2.94. The zero-order valence-electron chi connectivity index (χ0n) is 13.6. The van der Waals surface area contributed by atoms with Crippen LogP contribution in [-0.2, 0) is 4.79 Å². The predicted molar refractivity (Wildman–Crippen MR) is 87.7 cm³/mol. The molecular formula is C17H25N3O2. The summed E-state index contributed by atoms with van der Waals surface area (Å²) in [7, 11) is 0. The van der Waals surface area contributed by atoms with Crippen LogP contribution in [0.1, 0.15) is 50.4 Å². The van der Waals surface area contributed by atoms with Crippen molar-refractivity contribution in [2.45, 2.75) is 51.6 Å². The average Bonchev–Trinajstić information content (AvgIpc) is 2.98. The van der Waals surface area contributed by atoms with Crippen LogP contribution in [0.3, 0.4) is 0 Å². The van der Waals surface area contributed by atoms with Crippen molar-refractivity contribution in [1.29, 1.82) is 0 Å². The van der Waals surface area contributed by atoms with Gasteiger partial charge in [0.1, 0.15) is 0 Å². The lowest BCUT2D eigenvalue weighted by Gasteiger charge is -2.38. The van der Waals surface area contributed by atoms with Crippen molar-refractivity contribution >= 4 is 17.5 Å². The van der Waals surface area contributed by atoms with Gasteiger partial charge in [-0.1, -0.05) is 13.0 Å². The fraction of sp³-hybridized carbons (Fsp3) is 0.529. The van der Waals surface area contributed by atoms with Crippen molar-refractivity contribution in [2.75, 3.05) is 11.9 Å². The molecule has 2 rings (SSSR count). The first kappa shape index (κ1) is 16.5. The molecule has 1 aromatic rings. The average molecular weight is 303 g/mol. The van der Waals surface area contributed by atoms with E-state index in [0.29, 0.717) is 11.3 Å². The van der Waals surface area contributed by atoms with Crippen LogP contribution in [0.5, 0.6) is 0 Å². The molecule has 1 heterocycles. The van der Waals surface area contributed by atoms with Crippen LogP contribution >= 0.6 is 0 Å². The Morgan fingerprint density at radius 2 is 2.14 bits per heavy atom. The van der Waals surface area contributed by atoms with Crippen molar-refractivity contribution in [3.8, 4) is 0 Å². The summed E-state index contributed by atoms with van der Waals surface area (Å²) in [6, 6.07) is 6.63. The highest BCUT2D eigenvalue weighted by Crippen LogP contribution is 2.29. The number of amides is 2. The molecule has 1 fully saturated rings. The SMILES string of the molecule is CCC(C)(C)N1CCCC1C(=O)Nc1cccc(C(N)=O)c1. The summed E-state index contributed by atoms with van der Waals surface area (Å²) in [4.78, 5) is 26.1. The third kappa shape index (κ3) is 3.47. The monoisotopic (exact) mass is 303 g/mol. The molecule has 0 aromatic heterocycles. The highest BCUT2D eigenvalue weighted by atomic mass is 16.2. The summed E-state index contributed by atoms with van der Waals surface area (Å²) < 4.78 is 0. The minimum Gasteiger partial charge on any atom is -0.366 e. The lowest BCUT2D eigenvalue weighted by molar-refractivity contribution is -0.122. The summed E-state index contributed by atoms with van der Waals surface area (Å²) in [5.74, 6) is -0.508. The number of carbonyl (C=O) groups is 2. The minimum atomic E-state index is -0.495. The maximum atomic E-state index is 12.6. The molecule has 3 N–H and O–H groups in total. The van der Waals surface area contributed by atoms with Gasteiger partial charge in [-0.2, -0.15) is 0 Å². The maximum Gasteiger partial charge on any atom is 0.248 e. The number of hydrogen-bond acceptors (Lipinski definition) is 3. The molecule has 1 aliphatic rings. The molecule has 22 heavy (non-hydrogen) atoms. The Balaban J connectivity index is 2.11. The number of anilines is 1. The van der Waals surface area contributed by atoms with E-state index >= 15 is 0 Å². The molecule has 1 saturated heterocycles. The van der Waals surface area contributed by atoms with Crippen molar-refractivity contribution in [1.82, 2.24) is 4.90 Å². The molecule has 0 bridgehead atoms. The van der Waals surface area contributed by atoms with Gasteiger partial charge in [0.05, 0.1) is 6.04 Å². The Morgan fingerprint density at radius 1 is 1.41 bits per heavy atom. The van der Waals surface area contributed by atoms with E-state index in [-0.39, 0.29) is 17.5 Å². The molecule has 2 amide bonds. The number of likely N-dealkylation sites (tertiary alicyclic amines) is 1. The Morgan fingerprint density at radius 3 is 2.77 bits per heavy atom. The van der Waals surface area contributed by atoms with Crippen LogP contribution in [0.15, 0.2) is 24.3 Å². The number of nitrogens with two attached hydrogens (primary N) is 1. The second-order valence-corrected chi connectivity index (χ2v) is 6.45. The molecular weight excluding hydrogens is 278 g/mol. The van der Waals surface area contributed by atoms with E-state index in [0.717, 1.165) is 25.8 Å². The zero-order chi connectivity index (χ0) is 16.3. The normalized spacial score (nSPS) is 19.1. The van der Waals surface area contributed by atoms with E-state index in [9.17, 15) is 9.59 Å². The quantitative estimate of drug-likeness (QED) is 0.877. The number of nitrogens with zero attached hydrogens (tertiary/aromatic N) is 1. The van der Waals surface area contributed by atoms with Crippen LogP contribution in [-0.4, -0.2) is 34.8 Å². The molecule has 0 spiro atoms. The molecule has 0 aliphatic carbocycles. The van der Waals surface area contributed by atoms with E-state index in [1.807, 2.05) is 0 Å². The van der Waals surface area contributed by atoms with Gasteiger partial charge in [0, 0.05) is 16.8 Å². The molecule has 1 aromatic carbocycles. The number of benzene rings is 1. The van der Waals surface area contributed by atoms with Gasteiger partial charge >= 0.3 is 0 Å². The lowest BCUT2D eigenvalue weighted by Crippen LogP contribution is -2.50. The Kier molecular flexibility index (Phi) is 4.86. The van der Waals surface area contributed by atoms with E-state index in [2.05, 4.69) is 31.0 Å². The second kappa shape index (κ2) is 6.48. The summed E-state index contributed by atoms with van der Waals surface area (Å²) in [6.45, 7) is 7.43.